The number of nitrogens with zero attached hydrogens (tertiary/aromatic N) is 2. The van der Waals surface area contributed by atoms with Crippen LogP contribution < -0.4 is 14.4 Å². The van der Waals surface area contributed by atoms with E-state index in [0.29, 0.717) is 52.4 Å². The largest absolute Gasteiger partial charge is 0.496 e. The fraction of sp³-hybridized carbons (Fsp3) is 0.429. The highest BCUT2D eigenvalue weighted by molar-refractivity contribution is 5.94. The summed E-state index contributed by atoms with van der Waals surface area (Å²) in [5.41, 5.74) is 2.81. The van der Waals surface area contributed by atoms with Crippen LogP contribution in [0.2, 0.25) is 0 Å². The number of hydrogen-bond donors (Lipinski definition) is 1. The van der Waals surface area contributed by atoms with Crippen LogP contribution in [-0.4, -0.2) is 88.4 Å². The quantitative estimate of drug-likeness (QED) is 0.194. The van der Waals surface area contributed by atoms with Crippen LogP contribution in [-0.2, 0) is 25.6 Å². The van der Waals surface area contributed by atoms with Crippen molar-refractivity contribution in [3.8, 4) is 11.5 Å². The Bertz CT molecular complexity index is 1320. The third-order valence-electron chi connectivity index (χ3n) is 7.81. The Morgan fingerprint density at radius 1 is 0.911 bits per heavy atom. The number of carbonyl (C=O) groups excluding carboxylic acids is 1. The first-order chi connectivity index (χ1) is 22.0. The second-order valence-corrected chi connectivity index (χ2v) is 10.8. The molecule has 0 aromatic heterocycles. The summed E-state index contributed by atoms with van der Waals surface area (Å²) >= 11 is 0. The van der Waals surface area contributed by atoms with Crippen molar-refractivity contribution < 1.29 is 38.4 Å². The minimum absolute atomic E-state index is 0.0653. The standard InChI is InChI=1S/C35H44N2O8/c1-41-21-8-19-37(29-11-4-3-5-12-29)34(38)26-45-33-24-36(35(39)40)20-18-31(33)27-14-16-30(17-15-27)44-23-9-22-43-25-28-10-6-7-13-32(28)42-2/h3-7,10-17,31,33H,8-9,18-26H2,1-2H3,(H,39,40). The summed E-state index contributed by atoms with van der Waals surface area (Å²) in [6.45, 7) is 3.01. The lowest BCUT2D eigenvalue weighted by Gasteiger charge is -2.37. The molecule has 1 N–H and O–H groups in total. The Hall–Kier alpha value is -4.12. The van der Waals surface area contributed by atoms with Crippen LogP contribution in [0.15, 0.2) is 78.9 Å². The predicted octanol–water partition coefficient (Wildman–Crippen LogP) is 5.60. The molecule has 2 atom stereocenters. The van der Waals surface area contributed by atoms with Crippen molar-refractivity contribution in [2.24, 2.45) is 0 Å². The first-order valence-corrected chi connectivity index (χ1v) is 15.4. The van der Waals surface area contributed by atoms with E-state index < -0.39 is 12.2 Å². The number of carboxylic acid groups (broad SMARTS) is 1. The van der Waals surface area contributed by atoms with Crippen molar-refractivity contribution >= 4 is 17.7 Å². The molecule has 1 fully saturated rings. The average Bonchev–Trinajstić information content (AvgIpc) is 3.08. The number of carbonyl (C=O) groups is 2. The smallest absolute Gasteiger partial charge is 0.407 e. The van der Waals surface area contributed by atoms with E-state index in [4.69, 9.17) is 23.7 Å². The molecule has 0 radical (unpaired) electrons. The van der Waals surface area contributed by atoms with Gasteiger partial charge in [-0.25, -0.2) is 4.79 Å². The summed E-state index contributed by atoms with van der Waals surface area (Å²) < 4.78 is 28.5. The Kier molecular flexibility index (Phi) is 13.5. The molecule has 10 heteroatoms. The van der Waals surface area contributed by atoms with Crippen LogP contribution in [0.4, 0.5) is 10.5 Å². The number of methoxy groups -OCH3 is 2. The Balaban J connectivity index is 1.30. The Morgan fingerprint density at radius 2 is 1.67 bits per heavy atom. The lowest BCUT2D eigenvalue weighted by Crippen LogP contribution is -2.47. The van der Waals surface area contributed by atoms with E-state index in [-0.39, 0.29) is 25.0 Å². The molecular formula is C35H44N2O8. The molecule has 0 aliphatic carbocycles. The molecule has 45 heavy (non-hydrogen) atoms. The molecule has 0 spiro atoms. The van der Waals surface area contributed by atoms with Gasteiger partial charge in [0, 0.05) is 50.4 Å². The molecule has 1 aliphatic heterocycles. The average molecular weight is 621 g/mol. The maximum Gasteiger partial charge on any atom is 0.407 e. The number of hydrogen-bond acceptors (Lipinski definition) is 7. The van der Waals surface area contributed by atoms with Crippen LogP contribution >= 0.6 is 0 Å². The summed E-state index contributed by atoms with van der Waals surface area (Å²) in [5.74, 6) is 1.31. The van der Waals surface area contributed by atoms with Crippen molar-refractivity contribution in [1.82, 2.24) is 4.90 Å². The van der Waals surface area contributed by atoms with Gasteiger partial charge in [-0.15, -0.1) is 0 Å². The molecule has 0 saturated carbocycles. The van der Waals surface area contributed by atoms with Gasteiger partial charge in [-0.1, -0.05) is 48.5 Å². The van der Waals surface area contributed by atoms with Gasteiger partial charge in [0.25, 0.3) is 5.91 Å². The van der Waals surface area contributed by atoms with Gasteiger partial charge in [-0.2, -0.15) is 0 Å². The van der Waals surface area contributed by atoms with Gasteiger partial charge in [-0.05, 0) is 48.7 Å². The SMILES string of the molecule is COCCCN(C(=O)COC1CN(C(=O)O)CCC1c1ccc(OCCCOCc2ccccc2OC)cc1)c1ccccc1. The number of rotatable bonds is 17. The maximum atomic E-state index is 13.4. The molecule has 0 bridgehead atoms. The van der Waals surface area contributed by atoms with E-state index in [1.54, 1.807) is 19.1 Å². The lowest BCUT2D eigenvalue weighted by molar-refractivity contribution is -0.126. The zero-order chi connectivity index (χ0) is 31.9. The van der Waals surface area contributed by atoms with Crippen molar-refractivity contribution in [1.29, 1.82) is 0 Å². The zero-order valence-electron chi connectivity index (χ0n) is 26.1. The highest BCUT2D eigenvalue weighted by atomic mass is 16.5. The van der Waals surface area contributed by atoms with E-state index in [1.807, 2.05) is 78.9 Å². The molecule has 1 saturated heterocycles. The highest BCUT2D eigenvalue weighted by Crippen LogP contribution is 2.32. The van der Waals surface area contributed by atoms with Gasteiger partial charge >= 0.3 is 6.09 Å². The number of amides is 2. The Labute approximate surface area is 265 Å². The van der Waals surface area contributed by atoms with E-state index >= 15 is 0 Å². The fourth-order valence-electron chi connectivity index (χ4n) is 5.44. The first-order valence-electron chi connectivity index (χ1n) is 15.4. The molecule has 10 nitrogen and oxygen atoms in total. The van der Waals surface area contributed by atoms with Gasteiger partial charge in [-0.3, -0.25) is 4.79 Å². The summed E-state index contributed by atoms with van der Waals surface area (Å²) in [7, 11) is 3.28. The number of likely N-dealkylation sites (tertiary alicyclic amines) is 1. The molecule has 1 heterocycles. The number of anilines is 1. The number of piperidine rings is 1. The highest BCUT2D eigenvalue weighted by Gasteiger charge is 2.34. The zero-order valence-corrected chi connectivity index (χ0v) is 26.1. The molecule has 2 amide bonds. The second kappa shape index (κ2) is 18.0. The first kappa shape index (κ1) is 33.8. The Morgan fingerprint density at radius 3 is 2.40 bits per heavy atom. The van der Waals surface area contributed by atoms with Crippen molar-refractivity contribution in [3.05, 3.63) is 90.0 Å². The van der Waals surface area contributed by atoms with Gasteiger partial charge in [0.1, 0.15) is 18.1 Å². The normalized spacial score (nSPS) is 16.3. The number of ether oxygens (including phenoxy) is 5. The summed E-state index contributed by atoms with van der Waals surface area (Å²) in [4.78, 5) is 28.2. The second-order valence-electron chi connectivity index (χ2n) is 10.8. The van der Waals surface area contributed by atoms with Crippen LogP contribution in [0.1, 0.15) is 36.3 Å². The topological polar surface area (TPSA) is 107 Å². The van der Waals surface area contributed by atoms with E-state index in [1.165, 1.54) is 4.90 Å². The fourth-order valence-corrected chi connectivity index (χ4v) is 5.44. The van der Waals surface area contributed by atoms with Gasteiger partial charge in [0.2, 0.25) is 0 Å². The van der Waals surface area contributed by atoms with Gasteiger partial charge in [0.05, 0.1) is 39.6 Å². The minimum Gasteiger partial charge on any atom is -0.496 e. The van der Waals surface area contributed by atoms with Crippen molar-refractivity contribution in [2.45, 2.75) is 37.9 Å². The number of para-hydroxylation sites is 2. The van der Waals surface area contributed by atoms with E-state index in [0.717, 1.165) is 34.7 Å². The van der Waals surface area contributed by atoms with Crippen LogP contribution in [0, 0.1) is 0 Å². The van der Waals surface area contributed by atoms with Crippen LogP contribution in [0.3, 0.4) is 0 Å². The van der Waals surface area contributed by atoms with Crippen LogP contribution in [0.25, 0.3) is 0 Å². The minimum atomic E-state index is -0.991. The third kappa shape index (κ3) is 10.2. The maximum absolute atomic E-state index is 13.4. The lowest BCUT2D eigenvalue weighted by atomic mass is 9.87. The molecule has 1 aliphatic rings. The molecule has 3 aromatic rings. The van der Waals surface area contributed by atoms with E-state index in [2.05, 4.69) is 0 Å². The summed E-state index contributed by atoms with van der Waals surface area (Å²) in [6.07, 6.45) is 0.544. The number of benzene rings is 3. The van der Waals surface area contributed by atoms with Crippen molar-refractivity contribution in [3.63, 3.8) is 0 Å². The molecular weight excluding hydrogens is 576 g/mol. The third-order valence-corrected chi connectivity index (χ3v) is 7.81. The van der Waals surface area contributed by atoms with E-state index in [9.17, 15) is 14.7 Å². The summed E-state index contributed by atoms with van der Waals surface area (Å²) in [5, 5.41) is 9.65. The molecule has 2 unspecified atom stereocenters. The summed E-state index contributed by atoms with van der Waals surface area (Å²) in [6, 6.07) is 25.1. The van der Waals surface area contributed by atoms with Gasteiger partial charge in [0.15, 0.2) is 0 Å². The predicted molar refractivity (Wildman–Crippen MR) is 171 cm³/mol. The molecule has 4 rings (SSSR count). The van der Waals surface area contributed by atoms with Crippen molar-refractivity contribution in [2.75, 3.05) is 65.2 Å². The monoisotopic (exact) mass is 620 g/mol. The molecule has 3 aromatic carbocycles. The van der Waals surface area contributed by atoms with Gasteiger partial charge < -0.3 is 38.6 Å². The van der Waals surface area contributed by atoms with Crippen LogP contribution in [0.5, 0.6) is 11.5 Å². The molecule has 242 valence electrons.